The monoisotopic (exact) mass is 279 g/mol. The van der Waals surface area contributed by atoms with Gasteiger partial charge in [0, 0.05) is 31.0 Å². The van der Waals surface area contributed by atoms with Crippen molar-refractivity contribution in [3.8, 4) is 0 Å². The number of nitrogens with one attached hydrogen (secondary N) is 1. The summed E-state index contributed by atoms with van der Waals surface area (Å²) in [6.07, 6.45) is 3.67. The van der Waals surface area contributed by atoms with Gasteiger partial charge in [-0.25, -0.2) is 0 Å². The van der Waals surface area contributed by atoms with E-state index in [1.54, 1.807) is 6.20 Å². The summed E-state index contributed by atoms with van der Waals surface area (Å²) in [5.41, 5.74) is 6.98. The SMILES string of the molecule is CC(C)C(C)(CN)NCc1cccnc1.Cl.Cl. The van der Waals surface area contributed by atoms with Gasteiger partial charge < -0.3 is 11.1 Å². The zero-order valence-electron chi connectivity index (χ0n) is 10.6. The smallest absolute Gasteiger partial charge is 0.0312 e. The van der Waals surface area contributed by atoms with Crippen LogP contribution < -0.4 is 11.1 Å². The summed E-state index contributed by atoms with van der Waals surface area (Å²) in [6, 6.07) is 4.02. The van der Waals surface area contributed by atoms with Crippen LogP contribution in [0.3, 0.4) is 0 Å². The first-order valence-electron chi connectivity index (χ1n) is 5.42. The fraction of sp³-hybridized carbons (Fsp3) is 0.583. The molecule has 100 valence electrons. The van der Waals surface area contributed by atoms with E-state index in [1.165, 1.54) is 5.56 Å². The Morgan fingerprint density at radius 3 is 2.47 bits per heavy atom. The topological polar surface area (TPSA) is 50.9 Å². The molecule has 0 aliphatic rings. The van der Waals surface area contributed by atoms with Gasteiger partial charge in [-0.15, -0.1) is 24.8 Å². The highest BCUT2D eigenvalue weighted by Crippen LogP contribution is 2.15. The molecule has 0 aromatic carbocycles. The van der Waals surface area contributed by atoms with Gasteiger partial charge in [0.05, 0.1) is 0 Å². The Morgan fingerprint density at radius 1 is 1.41 bits per heavy atom. The van der Waals surface area contributed by atoms with Crippen LogP contribution in [-0.2, 0) is 6.54 Å². The van der Waals surface area contributed by atoms with E-state index < -0.39 is 0 Å². The summed E-state index contributed by atoms with van der Waals surface area (Å²) in [7, 11) is 0. The highest BCUT2D eigenvalue weighted by molar-refractivity contribution is 5.85. The maximum Gasteiger partial charge on any atom is 0.0312 e. The molecule has 0 amide bonds. The summed E-state index contributed by atoms with van der Waals surface area (Å²) in [4.78, 5) is 4.08. The minimum absolute atomic E-state index is 0. The van der Waals surface area contributed by atoms with Gasteiger partial charge in [0.1, 0.15) is 0 Å². The van der Waals surface area contributed by atoms with E-state index in [0.717, 1.165) is 6.54 Å². The van der Waals surface area contributed by atoms with E-state index in [2.05, 4.69) is 37.1 Å². The van der Waals surface area contributed by atoms with Crippen LogP contribution in [0.1, 0.15) is 26.3 Å². The Morgan fingerprint density at radius 2 is 2.06 bits per heavy atom. The molecule has 0 spiro atoms. The molecule has 1 heterocycles. The number of hydrogen-bond donors (Lipinski definition) is 2. The van der Waals surface area contributed by atoms with Gasteiger partial charge in [0.15, 0.2) is 0 Å². The van der Waals surface area contributed by atoms with Crippen LogP contribution in [0.5, 0.6) is 0 Å². The lowest BCUT2D eigenvalue weighted by atomic mass is 9.88. The lowest BCUT2D eigenvalue weighted by Crippen LogP contribution is -2.52. The van der Waals surface area contributed by atoms with Crippen molar-refractivity contribution in [3.63, 3.8) is 0 Å². The van der Waals surface area contributed by atoms with E-state index in [1.807, 2.05) is 12.3 Å². The summed E-state index contributed by atoms with van der Waals surface area (Å²) in [5.74, 6) is 0.513. The van der Waals surface area contributed by atoms with Gasteiger partial charge in [-0.1, -0.05) is 19.9 Å². The molecule has 5 heteroatoms. The van der Waals surface area contributed by atoms with Gasteiger partial charge in [0.25, 0.3) is 0 Å². The quantitative estimate of drug-likeness (QED) is 0.870. The highest BCUT2D eigenvalue weighted by Gasteiger charge is 2.25. The maximum atomic E-state index is 5.79. The second-order valence-corrected chi connectivity index (χ2v) is 4.49. The molecule has 0 saturated heterocycles. The Hall–Kier alpha value is -0.350. The van der Waals surface area contributed by atoms with Crippen LogP contribution in [0.2, 0.25) is 0 Å². The number of nitrogens with two attached hydrogens (primary N) is 1. The summed E-state index contributed by atoms with van der Waals surface area (Å²) in [6.45, 7) is 7.99. The Kier molecular flexibility index (Phi) is 9.72. The van der Waals surface area contributed by atoms with Crippen LogP contribution in [0.4, 0.5) is 0 Å². The summed E-state index contributed by atoms with van der Waals surface area (Å²) < 4.78 is 0. The number of nitrogens with zero attached hydrogens (tertiary/aromatic N) is 1. The van der Waals surface area contributed by atoms with Crippen molar-refractivity contribution >= 4 is 24.8 Å². The number of hydrogen-bond acceptors (Lipinski definition) is 3. The molecule has 17 heavy (non-hydrogen) atoms. The third kappa shape index (κ3) is 5.68. The molecule has 0 bridgehead atoms. The molecule has 0 aliphatic carbocycles. The minimum atomic E-state index is -0.00413. The van der Waals surface area contributed by atoms with E-state index in [4.69, 9.17) is 5.73 Å². The molecule has 1 aromatic heterocycles. The average Bonchev–Trinajstić information content (AvgIpc) is 2.27. The molecule has 0 fully saturated rings. The number of rotatable bonds is 5. The van der Waals surface area contributed by atoms with Crippen molar-refractivity contribution < 1.29 is 0 Å². The standard InChI is InChI=1S/C12H21N3.2ClH/c1-10(2)12(3,9-13)15-8-11-5-4-6-14-7-11;;/h4-7,10,15H,8-9,13H2,1-3H3;2*1H. The molecule has 0 saturated carbocycles. The largest absolute Gasteiger partial charge is 0.329 e. The molecule has 3 nitrogen and oxygen atoms in total. The molecule has 1 aromatic rings. The van der Waals surface area contributed by atoms with Crippen molar-refractivity contribution in [1.82, 2.24) is 10.3 Å². The first kappa shape index (κ1) is 19.0. The Labute approximate surface area is 116 Å². The molecule has 3 N–H and O–H groups in total. The zero-order chi connectivity index (χ0) is 11.3. The van der Waals surface area contributed by atoms with Crippen LogP contribution in [0.15, 0.2) is 24.5 Å². The van der Waals surface area contributed by atoms with E-state index in [-0.39, 0.29) is 30.4 Å². The van der Waals surface area contributed by atoms with Gasteiger partial charge in [-0.3, -0.25) is 4.98 Å². The predicted molar refractivity (Wildman–Crippen MR) is 77.9 cm³/mol. The van der Waals surface area contributed by atoms with Crippen LogP contribution in [0, 0.1) is 5.92 Å². The molecule has 1 atom stereocenters. The van der Waals surface area contributed by atoms with E-state index in [0.29, 0.717) is 12.5 Å². The van der Waals surface area contributed by atoms with Crippen LogP contribution in [0.25, 0.3) is 0 Å². The second-order valence-electron chi connectivity index (χ2n) is 4.49. The Bertz CT molecular complexity index is 293. The van der Waals surface area contributed by atoms with Crippen LogP contribution >= 0.6 is 24.8 Å². The summed E-state index contributed by atoms with van der Waals surface area (Å²) in [5, 5.41) is 3.50. The van der Waals surface area contributed by atoms with Crippen molar-refractivity contribution in [3.05, 3.63) is 30.1 Å². The average molecular weight is 280 g/mol. The minimum Gasteiger partial charge on any atom is -0.329 e. The van der Waals surface area contributed by atoms with Crippen molar-refractivity contribution in [2.24, 2.45) is 11.7 Å². The lowest BCUT2D eigenvalue weighted by molar-refractivity contribution is 0.267. The lowest BCUT2D eigenvalue weighted by Gasteiger charge is -2.33. The maximum absolute atomic E-state index is 5.79. The zero-order valence-corrected chi connectivity index (χ0v) is 12.3. The predicted octanol–water partition coefficient (Wildman–Crippen LogP) is 2.39. The van der Waals surface area contributed by atoms with Gasteiger partial charge in [0.2, 0.25) is 0 Å². The van der Waals surface area contributed by atoms with Crippen molar-refractivity contribution in [2.45, 2.75) is 32.9 Å². The van der Waals surface area contributed by atoms with Gasteiger partial charge in [-0.2, -0.15) is 0 Å². The number of aromatic nitrogens is 1. The molecule has 1 unspecified atom stereocenters. The number of halogens is 2. The second kappa shape index (κ2) is 8.70. The van der Waals surface area contributed by atoms with Crippen molar-refractivity contribution in [1.29, 1.82) is 0 Å². The van der Waals surface area contributed by atoms with Crippen LogP contribution in [-0.4, -0.2) is 17.1 Å². The van der Waals surface area contributed by atoms with E-state index >= 15 is 0 Å². The molecule has 1 rings (SSSR count). The van der Waals surface area contributed by atoms with E-state index in [9.17, 15) is 0 Å². The first-order chi connectivity index (χ1) is 7.08. The van der Waals surface area contributed by atoms with Crippen molar-refractivity contribution in [2.75, 3.05) is 6.54 Å². The molecular formula is C12H23Cl2N3. The third-order valence-corrected chi connectivity index (χ3v) is 3.12. The number of pyridine rings is 1. The molecular weight excluding hydrogens is 257 g/mol. The highest BCUT2D eigenvalue weighted by atomic mass is 35.5. The normalized spacial score (nSPS) is 13.5. The van der Waals surface area contributed by atoms with Gasteiger partial charge in [-0.05, 0) is 24.5 Å². The third-order valence-electron chi connectivity index (χ3n) is 3.12. The fourth-order valence-corrected chi connectivity index (χ4v) is 1.32. The molecule has 0 aliphatic heterocycles. The Balaban J connectivity index is 0. The first-order valence-corrected chi connectivity index (χ1v) is 5.42. The van der Waals surface area contributed by atoms with Gasteiger partial charge >= 0.3 is 0 Å². The summed E-state index contributed by atoms with van der Waals surface area (Å²) >= 11 is 0. The molecule has 0 radical (unpaired) electrons. The fourth-order valence-electron chi connectivity index (χ4n) is 1.32.